The predicted molar refractivity (Wildman–Crippen MR) is 97.8 cm³/mol. The Balaban J connectivity index is 1.97. The summed E-state index contributed by atoms with van der Waals surface area (Å²) in [5.41, 5.74) is 3.57. The lowest BCUT2D eigenvalue weighted by Crippen LogP contribution is -2.18. The highest BCUT2D eigenvalue weighted by Gasteiger charge is 2.07. The summed E-state index contributed by atoms with van der Waals surface area (Å²) in [4.78, 5) is 23.4. The molecule has 0 unspecified atom stereocenters. The van der Waals surface area contributed by atoms with E-state index in [1.165, 1.54) is 6.21 Å². The number of rotatable bonds is 7. The molecular weight excluding hydrogens is 388 g/mol. The maximum absolute atomic E-state index is 12.0. The van der Waals surface area contributed by atoms with Crippen molar-refractivity contribution in [3.05, 3.63) is 64.1 Å². The van der Waals surface area contributed by atoms with Gasteiger partial charge in [0.25, 0.3) is 5.91 Å². The largest absolute Gasteiger partial charge is 0.481 e. The Kier molecular flexibility index (Phi) is 7.16. The number of hydrazone groups is 1. The number of ether oxygens (including phenoxy) is 2. The van der Waals surface area contributed by atoms with Gasteiger partial charge in [-0.3, -0.25) is 4.79 Å². The normalized spacial score (nSPS) is 10.5. The van der Waals surface area contributed by atoms with Crippen molar-refractivity contribution in [2.75, 3.05) is 13.2 Å². The molecule has 0 saturated carbocycles. The zero-order valence-corrected chi connectivity index (χ0v) is 15.2. The number of carbonyl (C=O) groups excluding carboxylic acids is 2. The maximum atomic E-state index is 12.0. The second kappa shape index (κ2) is 9.58. The molecule has 2 aromatic rings. The number of para-hydroxylation sites is 1. The zero-order valence-electron chi connectivity index (χ0n) is 13.6. The molecule has 0 spiro atoms. The van der Waals surface area contributed by atoms with Gasteiger partial charge in [0.15, 0.2) is 6.61 Å². The number of nitrogens with one attached hydrogen (secondary N) is 1. The first-order chi connectivity index (χ1) is 12.1. The van der Waals surface area contributed by atoms with E-state index in [1.807, 2.05) is 0 Å². The minimum atomic E-state index is -0.446. The van der Waals surface area contributed by atoms with Crippen LogP contribution in [0.1, 0.15) is 22.8 Å². The Morgan fingerprint density at radius 1 is 1.16 bits per heavy atom. The smallest absolute Gasteiger partial charge is 0.344 e. The molecule has 0 aliphatic heterocycles. The van der Waals surface area contributed by atoms with Crippen LogP contribution in [-0.2, 0) is 9.53 Å². The zero-order chi connectivity index (χ0) is 18.1. The fraction of sp³-hybridized carbons (Fsp3) is 0.167. The summed E-state index contributed by atoms with van der Waals surface area (Å²) in [6, 6.07) is 14.0. The maximum Gasteiger partial charge on any atom is 0.344 e. The molecule has 0 radical (unpaired) electrons. The Hall–Kier alpha value is -2.67. The van der Waals surface area contributed by atoms with E-state index in [9.17, 15) is 9.59 Å². The molecule has 0 fully saturated rings. The lowest BCUT2D eigenvalue weighted by Gasteiger charge is -2.08. The van der Waals surface area contributed by atoms with Crippen LogP contribution in [0.3, 0.4) is 0 Å². The molecular formula is C18H17BrN2O4. The molecule has 2 aromatic carbocycles. The lowest BCUT2D eigenvalue weighted by atomic mass is 10.2. The number of amides is 1. The van der Waals surface area contributed by atoms with Gasteiger partial charge in [0.2, 0.25) is 0 Å². The third-order valence-electron chi connectivity index (χ3n) is 3.05. The van der Waals surface area contributed by atoms with Crippen molar-refractivity contribution < 1.29 is 19.1 Å². The predicted octanol–water partition coefficient (Wildman–Crippen LogP) is 3.15. The average molecular weight is 405 g/mol. The van der Waals surface area contributed by atoms with E-state index in [1.54, 1.807) is 55.5 Å². The average Bonchev–Trinajstić information content (AvgIpc) is 2.61. The molecule has 7 heteroatoms. The highest BCUT2D eigenvalue weighted by Crippen LogP contribution is 2.16. The standard InChI is InChI=1S/C18H17BrN2O4/c1-2-24-17(22)12-25-16-6-4-3-5-14(16)11-20-21-18(23)13-7-9-15(19)10-8-13/h3-11H,2,12H2,1H3,(H,21,23). The van der Waals surface area contributed by atoms with Gasteiger partial charge in [-0.05, 0) is 43.3 Å². The third kappa shape index (κ3) is 6.04. The topological polar surface area (TPSA) is 77.0 Å². The SMILES string of the molecule is CCOC(=O)COc1ccccc1C=NNC(=O)c1ccc(Br)cc1. The first-order valence-corrected chi connectivity index (χ1v) is 8.36. The molecule has 1 amide bonds. The highest BCUT2D eigenvalue weighted by atomic mass is 79.9. The van der Waals surface area contributed by atoms with Crippen LogP contribution in [0, 0.1) is 0 Å². The second-order valence-corrected chi connectivity index (χ2v) is 5.75. The summed E-state index contributed by atoms with van der Waals surface area (Å²) in [5, 5.41) is 3.93. The van der Waals surface area contributed by atoms with Crippen LogP contribution >= 0.6 is 15.9 Å². The van der Waals surface area contributed by atoms with E-state index in [0.29, 0.717) is 23.5 Å². The van der Waals surface area contributed by atoms with Crippen molar-refractivity contribution in [2.45, 2.75) is 6.92 Å². The van der Waals surface area contributed by atoms with Crippen molar-refractivity contribution in [1.29, 1.82) is 0 Å². The molecule has 0 saturated heterocycles. The summed E-state index contributed by atoms with van der Waals surface area (Å²) in [7, 11) is 0. The molecule has 2 rings (SSSR count). The molecule has 0 atom stereocenters. The van der Waals surface area contributed by atoms with Crippen molar-refractivity contribution in [3.8, 4) is 5.75 Å². The van der Waals surface area contributed by atoms with Gasteiger partial charge in [0.05, 0.1) is 12.8 Å². The molecule has 0 heterocycles. The summed E-state index contributed by atoms with van der Waals surface area (Å²) in [6.45, 7) is 1.84. The third-order valence-corrected chi connectivity index (χ3v) is 3.57. The minimum Gasteiger partial charge on any atom is -0.481 e. The molecule has 0 aliphatic rings. The molecule has 0 aromatic heterocycles. The Labute approximate surface area is 154 Å². The molecule has 130 valence electrons. The van der Waals surface area contributed by atoms with E-state index in [0.717, 1.165) is 4.47 Å². The van der Waals surface area contributed by atoms with Gasteiger partial charge in [0, 0.05) is 15.6 Å². The number of esters is 1. The lowest BCUT2D eigenvalue weighted by molar-refractivity contribution is -0.145. The van der Waals surface area contributed by atoms with Crippen LogP contribution in [0.25, 0.3) is 0 Å². The second-order valence-electron chi connectivity index (χ2n) is 4.84. The van der Waals surface area contributed by atoms with Crippen molar-refractivity contribution in [2.24, 2.45) is 5.10 Å². The van der Waals surface area contributed by atoms with Crippen molar-refractivity contribution >= 4 is 34.0 Å². The van der Waals surface area contributed by atoms with Crippen LogP contribution in [0.15, 0.2) is 58.1 Å². The van der Waals surface area contributed by atoms with Gasteiger partial charge < -0.3 is 9.47 Å². The van der Waals surface area contributed by atoms with Crippen LogP contribution in [0.5, 0.6) is 5.75 Å². The Morgan fingerprint density at radius 2 is 1.88 bits per heavy atom. The van der Waals surface area contributed by atoms with Crippen LogP contribution < -0.4 is 10.2 Å². The Bertz CT molecular complexity index is 760. The minimum absolute atomic E-state index is 0.191. The fourth-order valence-electron chi connectivity index (χ4n) is 1.88. The summed E-state index contributed by atoms with van der Waals surface area (Å²) in [6.07, 6.45) is 1.46. The monoisotopic (exact) mass is 404 g/mol. The Morgan fingerprint density at radius 3 is 2.60 bits per heavy atom. The molecule has 0 aliphatic carbocycles. The number of nitrogens with zero attached hydrogens (tertiary/aromatic N) is 1. The first-order valence-electron chi connectivity index (χ1n) is 7.56. The number of hydrogen-bond acceptors (Lipinski definition) is 5. The van der Waals surface area contributed by atoms with E-state index in [-0.39, 0.29) is 12.5 Å². The van der Waals surface area contributed by atoms with Gasteiger partial charge >= 0.3 is 5.97 Å². The van der Waals surface area contributed by atoms with Crippen LogP contribution in [0.4, 0.5) is 0 Å². The summed E-state index contributed by atoms with van der Waals surface area (Å²) < 4.78 is 11.1. The van der Waals surface area contributed by atoms with Gasteiger partial charge in [-0.2, -0.15) is 5.10 Å². The van der Waals surface area contributed by atoms with Crippen LogP contribution in [0.2, 0.25) is 0 Å². The molecule has 6 nitrogen and oxygen atoms in total. The number of hydrogen-bond donors (Lipinski definition) is 1. The van der Waals surface area contributed by atoms with Gasteiger partial charge in [0.1, 0.15) is 5.75 Å². The summed E-state index contributed by atoms with van der Waals surface area (Å²) in [5.74, 6) is -0.302. The van der Waals surface area contributed by atoms with E-state index >= 15 is 0 Å². The van der Waals surface area contributed by atoms with E-state index in [2.05, 4.69) is 26.5 Å². The number of halogens is 1. The van der Waals surface area contributed by atoms with E-state index in [4.69, 9.17) is 9.47 Å². The number of carbonyl (C=O) groups is 2. The number of benzene rings is 2. The fourth-order valence-corrected chi connectivity index (χ4v) is 2.15. The van der Waals surface area contributed by atoms with Crippen molar-refractivity contribution in [3.63, 3.8) is 0 Å². The quantitative estimate of drug-likeness (QED) is 0.436. The van der Waals surface area contributed by atoms with Gasteiger partial charge in [-0.25, -0.2) is 10.2 Å². The van der Waals surface area contributed by atoms with Gasteiger partial charge in [-0.15, -0.1) is 0 Å². The van der Waals surface area contributed by atoms with E-state index < -0.39 is 5.97 Å². The van der Waals surface area contributed by atoms with Crippen molar-refractivity contribution in [1.82, 2.24) is 5.43 Å². The molecule has 25 heavy (non-hydrogen) atoms. The first kappa shape index (κ1) is 18.7. The van der Waals surface area contributed by atoms with Gasteiger partial charge in [-0.1, -0.05) is 28.1 Å². The summed E-state index contributed by atoms with van der Waals surface area (Å²) >= 11 is 3.31. The highest BCUT2D eigenvalue weighted by molar-refractivity contribution is 9.10. The molecule has 1 N–H and O–H groups in total. The molecule has 0 bridgehead atoms. The van der Waals surface area contributed by atoms with Crippen LogP contribution in [-0.4, -0.2) is 31.3 Å².